The summed E-state index contributed by atoms with van der Waals surface area (Å²) in [6.07, 6.45) is 0. The van der Waals surface area contributed by atoms with E-state index in [9.17, 15) is 13.6 Å². The lowest BCUT2D eigenvalue weighted by atomic mass is 10.1. The molecule has 0 bridgehead atoms. The first kappa shape index (κ1) is 15.1. The molecule has 2 rings (SSSR count). The van der Waals surface area contributed by atoms with Crippen molar-refractivity contribution in [2.75, 3.05) is 6.61 Å². The molecule has 5 heteroatoms. The second kappa shape index (κ2) is 7.50. The molecule has 0 heterocycles. The number of carbonyl (C=O) groups excluding carboxylic acids is 1. The molecule has 0 amide bonds. The van der Waals surface area contributed by atoms with Crippen molar-refractivity contribution in [2.45, 2.75) is 13.2 Å². The summed E-state index contributed by atoms with van der Waals surface area (Å²) in [6, 6.07) is 15.1. The summed E-state index contributed by atoms with van der Waals surface area (Å²) in [4.78, 5) is 11.9. The molecule has 0 aromatic heterocycles. The van der Waals surface area contributed by atoms with Crippen molar-refractivity contribution in [3.05, 3.63) is 65.7 Å². The zero-order valence-electron chi connectivity index (χ0n) is 11.2. The van der Waals surface area contributed by atoms with Crippen molar-refractivity contribution >= 4 is 5.78 Å². The largest absolute Gasteiger partial charge is 0.435 e. The highest BCUT2D eigenvalue weighted by Gasteiger charge is 2.09. The van der Waals surface area contributed by atoms with Gasteiger partial charge in [-0.25, -0.2) is 0 Å². The molecule has 110 valence electrons. The highest BCUT2D eigenvalue weighted by molar-refractivity contribution is 5.97. The molecule has 2 aromatic rings. The fourth-order valence-electron chi connectivity index (χ4n) is 1.76. The van der Waals surface area contributed by atoms with Gasteiger partial charge in [0.05, 0.1) is 6.61 Å². The Morgan fingerprint density at radius 1 is 1.05 bits per heavy atom. The van der Waals surface area contributed by atoms with Crippen LogP contribution in [0.3, 0.4) is 0 Å². The van der Waals surface area contributed by atoms with Crippen LogP contribution >= 0.6 is 0 Å². The number of alkyl halides is 2. The van der Waals surface area contributed by atoms with Gasteiger partial charge in [0.2, 0.25) is 0 Å². The molecule has 21 heavy (non-hydrogen) atoms. The van der Waals surface area contributed by atoms with Crippen molar-refractivity contribution in [1.29, 1.82) is 0 Å². The average molecular weight is 292 g/mol. The maximum atomic E-state index is 12.1. The summed E-state index contributed by atoms with van der Waals surface area (Å²) in [7, 11) is 0. The number of Topliss-reactive ketones (excluding diaryl/α,β-unsaturated/α-hetero) is 1. The topological polar surface area (TPSA) is 35.5 Å². The number of benzene rings is 2. The first-order valence-electron chi connectivity index (χ1n) is 6.35. The zero-order chi connectivity index (χ0) is 15.1. The Kier molecular flexibility index (Phi) is 5.40. The molecule has 0 unspecified atom stereocenters. The fourth-order valence-corrected chi connectivity index (χ4v) is 1.76. The summed E-state index contributed by atoms with van der Waals surface area (Å²) in [5.74, 6) is -0.329. The lowest BCUT2D eigenvalue weighted by Gasteiger charge is -2.07. The lowest BCUT2D eigenvalue weighted by molar-refractivity contribution is -0.0498. The molecule has 0 aliphatic carbocycles. The highest BCUT2D eigenvalue weighted by Crippen LogP contribution is 2.16. The standard InChI is InChI=1S/C16H14F2O3/c17-16(18)21-14-8-4-7-13(9-14)15(19)11-20-10-12-5-2-1-3-6-12/h1-9,16H,10-11H2. The van der Waals surface area contributed by atoms with Gasteiger partial charge in [-0.15, -0.1) is 0 Å². The summed E-state index contributed by atoms with van der Waals surface area (Å²) < 4.78 is 33.8. The van der Waals surface area contributed by atoms with Crippen LogP contribution in [0, 0.1) is 0 Å². The molecule has 0 aliphatic rings. The minimum absolute atomic E-state index is 0.0427. The van der Waals surface area contributed by atoms with Gasteiger partial charge in [-0.05, 0) is 17.7 Å². The van der Waals surface area contributed by atoms with Crippen LogP contribution in [-0.4, -0.2) is 19.0 Å². The van der Waals surface area contributed by atoms with Gasteiger partial charge in [-0.1, -0.05) is 42.5 Å². The molecule has 0 spiro atoms. The lowest BCUT2D eigenvalue weighted by Crippen LogP contribution is -2.10. The van der Waals surface area contributed by atoms with Gasteiger partial charge in [0.25, 0.3) is 0 Å². The molecule has 0 radical (unpaired) electrons. The van der Waals surface area contributed by atoms with E-state index >= 15 is 0 Å². The molecule has 0 N–H and O–H groups in total. The van der Waals surface area contributed by atoms with Crippen molar-refractivity contribution in [3.8, 4) is 5.75 Å². The van der Waals surface area contributed by atoms with E-state index < -0.39 is 6.61 Å². The van der Waals surface area contributed by atoms with Gasteiger partial charge in [0.1, 0.15) is 12.4 Å². The number of ether oxygens (including phenoxy) is 2. The maximum Gasteiger partial charge on any atom is 0.387 e. The maximum absolute atomic E-state index is 12.1. The predicted octanol–water partition coefficient (Wildman–Crippen LogP) is 3.69. The molecule has 0 atom stereocenters. The van der Waals surface area contributed by atoms with Crippen LogP contribution in [0.2, 0.25) is 0 Å². The van der Waals surface area contributed by atoms with E-state index in [2.05, 4.69) is 4.74 Å². The van der Waals surface area contributed by atoms with Crippen molar-refractivity contribution in [1.82, 2.24) is 0 Å². The molecular weight excluding hydrogens is 278 g/mol. The molecule has 0 fully saturated rings. The number of rotatable bonds is 7. The van der Waals surface area contributed by atoms with Crippen molar-refractivity contribution in [2.24, 2.45) is 0 Å². The third-order valence-corrected chi connectivity index (χ3v) is 2.73. The molecule has 3 nitrogen and oxygen atoms in total. The van der Waals surface area contributed by atoms with Crippen LogP contribution < -0.4 is 4.74 Å². The Morgan fingerprint density at radius 3 is 2.52 bits per heavy atom. The van der Waals surface area contributed by atoms with E-state index in [1.54, 1.807) is 0 Å². The first-order valence-corrected chi connectivity index (χ1v) is 6.35. The summed E-state index contributed by atoms with van der Waals surface area (Å²) >= 11 is 0. The molecule has 0 aliphatic heterocycles. The van der Waals surface area contributed by atoms with Crippen LogP contribution in [0.5, 0.6) is 5.75 Å². The summed E-state index contributed by atoms with van der Waals surface area (Å²) in [5, 5.41) is 0. The van der Waals surface area contributed by atoms with Crippen molar-refractivity contribution in [3.63, 3.8) is 0 Å². The Labute approximate surface area is 121 Å². The summed E-state index contributed by atoms with van der Waals surface area (Å²) in [5.41, 5.74) is 1.24. The van der Waals surface area contributed by atoms with E-state index in [1.165, 1.54) is 24.3 Å². The monoisotopic (exact) mass is 292 g/mol. The normalized spacial score (nSPS) is 10.6. The van der Waals surface area contributed by atoms with Gasteiger partial charge in [-0.3, -0.25) is 4.79 Å². The van der Waals surface area contributed by atoms with E-state index in [-0.39, 0.29) is 23.7 Å². The quantitative estimate of drug-likeness (QED) is 0.730. The number of hydrogen-bond donors (Lipinski definition) is 0. The third-order valence-electron chi connectivity index (χ3n) is 2.73. The fraction of sp³-hybridized carbons (Fsp3) is 0.188. The van der Waals surface area contributed by atoms with Crippen LogP contribution in [0.25, 0.3) is 0 Å². The second-order valence-corrected chi connectivity index (χ2v) is 4.31. The molecule has 0 saturated heterocycles. The van der Waals surface area contributed by atoms with Gasteiger partial charge in [0.15, 0.2) is 5.78 Å². The summed E-state index contributed by atoms with van der Waals surface area (Å²) in [6.45, 7) is -2.71. The number of carbonyl (C=O) groups is 1. The average Bonchev–Trinajstić information content (AvgIpc) is 2.48. The number of hydrogen-bond acceptors (Lipinski definition) is 3. The van der Waals surface area contributed by atoms with Gasteiger partial charge >= 0.3 is 6.61 Å². The highest BCUT2D eigenvalue weighted by atomic mass is 19.3. The van der Waals surface area contributed by atoms with E-state index in [0.29, 0.717) is 6.61 Å². The van der Waals surface area contributed by atoms with Gasteiger partial charge in [-0.2, -0.15) is 8.78 Å². The van der Waals surface area contributed by atoms with Gasteiger partial charge < -0.3 is 9.47 Å². The Hall–Kier alpha value is -2.27. The van der Waals surface area contributed by atoms with Gasteiger partial charge in [0, 0.05) is 5.56 Å². The van der Waals surface area contributed by atoms with Crippen molar-refractivity contribution < 1.29 is 23.0 Å². The minimum Gasteiger partial charge on any atom is -0.435 e. The Morgan fingerprint density at radius 2 is 1.81 bits per heavy atom. The molecule has 2 aromatic carbocycles. The van der Waals surface area contributed by atoms with Crippen LogP contribution in [0.1, 0.15) is 15.9 Å². The SMILES string of the molecule is O=C(COCc1ccccc1)c1cccc(OC(F)F)c1. The Bertz CT molecular complexity index is 585. The molecule has 0 saturated carbocycles. The number of ketones is 1. The predicted molar refractivity (Wildman–Crippen MR) is 73.5 cm³/mol. The third kappa shape index (κ3) is 4.96. The number of halogens is 2. The van der Waals surface area contributed by atoms with E-state index in [1.807, 2.05) is 30.3 Å². The van der Waals surface area contributed by atoms with Crippen LogP contribution in [0.4, 0.5) is 8.78 Å². The minimum atomic E-state index is -2.91. The van der Waals surface area contributed by atoms with E-state index in [4.69, 9.17) is 4.74 Å². The molecular formula is C16H14F2O3. The zero-order valence-corrected chi connectivity index (χ0v) is 11.2. The second-order valence-electron chi connectivity index (χ2n) is 4.31. The van der Waals surface area contributed by atoms with Crippen LogP contribution in [0.15, 0.2) is 54.6 Å². The Balaban J connectivity index is 1.88. The first-order chi connectivity index (χ1) is 10.1. The van der Waals surface area contributed by atoms with E-state index in [0.717, 1.165) is 5.56 Å². The van der Waals surface area contributed by atoms with Crippen LogP contribution in [-0.2, 0) is 11.3 Å². The smallest absolute Gasteiger partial charge is 0.387 e.